The number of piperidine rings is 1. The Balaban J connectivity index is 2.17. The molecule has 0 radical (unpaired) electrons. The van der Waals surface area contributed by atoms with Crippen LogP contribution in [0.2, 0.25) is 0 Å². The van der Waals surface area contributed by atoms with Gasteiger partial charge < -0.3 is 4.90 Å². The fourth-order valence-corrected chi connectivity index (χ4v) is 2.63. The van der Waals surface area contributed by atoms with Gasteiger partial charge in [-0.05, 0) is 51.2 Å². The van der Waals surface area contributed by atoms with Crippen LogP contribution in [0.1, 0.15) is 51.6 Å². The van der Waals surface area contributed by atoms with Crippen molar-refractivity contribution in [1.29, 1.82) is 0 Å². The summed E-state index contributed by atoms with van der Waals surface area (Å²) in [5, 5.41) is 4.74. The standard InChI is InChI=1S/C17H27N3/c1-4-5-9-16-10-13-20(18-16)17(14-15(2)3)19-11-7-6-8-12-19/h10,13-14H,2,4-9,11-12H2,1,3H3/b17-14-. The Kier molecular flexibility index (Phi) is 5.45. The van der Waals surface area contributed by atoms with E-state index in [0.717, 1.165) is 25.1 Å². The Hall–Kier alpha value is -1.51. The second-order valence-corrected chi connectivity index (χ2v) is 5.75. The summed E-state index contributed by atoms with van der Waals surface area (Å²) in [7, 11) is 0. The lowest BCUT2D eigenvalue weighted by Crippen LogP contribution is -2.31. The maximum absolute atomic E-state index is 4.74. The zero-order valence-corrected chi connectivity index (χ0v) is 12.9. The van der Waals surface area contributed by atoms with Crippen LogP contribution in [0.25, 0.3) is 5.82 Å². The molecule has 0 atom stereocenters. The smallest absolute Gasteiger partial charge is 0.130 e. The SMILES string of the molecule is C=C(C)/C=C(/N1CCCCC1)n1ccc(CCCC)n1. The van der Waals surface area contributed by atoms with Gasteiger partial charge in [-0.15, -0.1) is 0 Å². The van der Waals surface area contributed by atoms with Gasteiger partial charge in [0.05, 0.1) is 5.69 Å². The predicted octanol–water partition coefficient (Wildman–Crippen LogP) is 4.09. The van der Waals surface area contributed by atoms with Crippen LogP contribution in [0.15, 0.2) is 30.5 Å². The summed E-state index contributed by atoms with van der Waals surface area (Å²) in [6, 6.07) is 2.14. The molecular weight excluding hydrogens is 246 g/mol. The number of hydrogen-bond acceptors (Lipinski definition) is 2. The Bertz CT molecular complexity index is 464. The van der Waals surface area contributed by atoms with Crippen molar-refractivity contribution < 1.29 is 0 Å². The lowest BCUT2D eigenvalue weighted by atomic mass is 10.1. The first-order valence-corrected chi connectivity index (χ1v) is 7.88. The van der Waals surface area contributed by atoms with E-state index < -0.39 is 0 Å². The molecule has 0 unspecified atom stereocenters. The summed E-state index contributed by atoms with van der Waals surface area (Å²) < 4.78 is 2.03. The normalized spacial score (nSPS) is 16.5. The minimum Gasteiger partial charge on any atom is -0.357 e. The number of unbranched alkanes of at least 4 members (excludes halogenated alkanes) is 1. The van der Waals surface area contributed by atoms with E-state index in [4.69, 9.17) is 5.10 Å². The highest BCUT2D eigenvalue weighted by molar-refractivity contribution is 5.47. The van der Waals surface area contributed by atoms with Gasteiger partial charge in [-0.25, -0.2) is 4.68 Å². The Labute approximate surface area is 123 Å². The van der Waals surface area contributed by atoms with Gasteiger partial charge >= 0.3 is 0 Å². The quantitative estimate of drug-likeness (QED) is 0.728. The first kappa shape index (κ1) is 14.9. The lowest BCUT2D eigenvalue weighted by Gasteiger charge is -2.30. The second kappa shape index (κ2) is 7.32. The number of nitrogens with zero attached hydrogens (tertiary/aromatic N) is 3. The highest BCUT2D eigenvalue weighted by Crippen LogP contribution is 2.20. The van der Waals surface area contributed by atoms with Gasteiger partial charge in [-0.2, -0.15) is 5.10 Å². The molecule has 0 amide bonds. The molecule has 0 N–H and O–H groups in total. The minimum absolute atomic E-state index is 1.07. The molecule has 1 fully saturated rings. The van der Waals surface area contributed by atoms with Gasteiger partial charge in [-0.3, -0.25) is 0 Å². The lowest BCUT2D eigenvalue weighted by molar-refractivity contribution is 0.309. The summed E-state index contributed by atoms with van der Waals surface area (Å²) in [5.41, 5.74) is 2.27. The summed E-state index contributed by atoms with van der Waals surface area (Å²) in [6.45, 7) is 10.6. The van der Waals surface area contributed by atoms with E-state index in [2.05, 4.69) is 36.7 Å². The van der Waals surface area contributed by atoms with E-state index >= 15 is 0 Å². The van der Waals surface area contributed by atoms with Crippen LogP contribution >= 0.6 is 0 Å². The molecule has 0 aliphatic carbocycles. The summed E-state index contributed by atoms with van der Waals surface area (Å²) in [6.07, 6.45) is 11.6. The molecule has 1 aromatic heterocycles. The molecule has 1 aromatic rings. The molecule has 110 valence electrons. The highest BCUT2D eigenvalue weighted by Gasteiger charge is 2.15. The zero-order chi connectivity index (χ0) is 14.4. The molecule has 0 bridgehead atoms. The maximum atomic E-state index is 4.74. The number of allylic oxidation sites excluding steroid dienone is 2. The number of likely N-dealkylation sites (tertiary alicyclic amines) is 1. The molecule has 1 aliphatic rings. The van der Waals surface area contributed by atoms with Crippen LogP contribution in [-0.2, 0) is 6.42 Å². The van der Waals surface area contributed by atoms with Crippen LogP contribution in [0.5, 0.6) is 0 Å². The monoisotopic (exact) mass is 273 g/mol. The van der Waals surface area contributed by atoms with Crippen molar-refractivity contribution in [2.24, 2.45) is 0 Å². The van der Waals surface area contributed by atoms with Gasteiger partial charge in [0, 0.05) is 19.3 Å². The van der Waals surface area contributed by atoms with Crippen molar-refractivity contribution in [1.82, 2.24) is 14.7 Å². The largest absolute Gasteiger partial charge is 0.357 e. The Morgan fingerprint density at radius 3 is 2.75 bits per heavy atom. The Morgan fingerprint density at radius 1 is 1.35 bits per heavy atom. The van der Waals surface area contributed by atoms with E-state index in [1.807, 2.05) is 11.6 Å². The molecule has 0 saturated carbocycles. The first-order valence-electron chi connectivity index (χ1n) is 7.88. The maximum Gasteiger partial charge on any atom is 0.130 e. The average Bonchev–Trinajstić information content (AvgIpc) is 2.92. The van der Waals surface area contributed by atoms with Crippen LogP contribution < -0.4 is 0 Å². The summed E-state index contributed by atoms with van der Waals surface area (Å²) in [4.78, 5) is 2.44. The van der Waals surface area contributed by atoms with Crippen molar-refractivity contribution in [2.75, 3.05) is 13.1 Å². The third-order valence-corrected chi connectivity index (χ3v) is 3.72. The van der Waals surface area contributed by atoms with Gasteiger partial charge in [0.1, 0.15) is 5.82 Å². The van der Waals surface area contributed by atoms with E-state index in [0.29, 0.717) is 0 Å². The molecule has 0 aromatic carbocycles. The highest BCUT2D eigenvalue weighted by atomic mass is 15.4. The van der Waals surface area contributed by atoms with Crippen LogP contribution in [0, 0.1) is 0 Å². The van der Waals surface area contributed by atoms with Crippen molar-refractivity contribution in [2.45, 2.75) is 52.4 Å². The summed E-state index contributed by atoms with van der Waals surface area (Å²) >= 11 is 0. The van der Waals surface area contributed by atoms with Crippen LogP contribution in [0.3, 0.4) is 0 Å². The predicted molar refractivity (Wildman–Crippen MR) is 85.4 cm³/mol. The van der Waals surface area contributed by atoms with Gasteiger partial charge in [0.25, 0.3) is 0 Å². The average molecular weight is 273 g/mol. The minimum atomic E-state index is 1.07. The second-order valence-electron chi connectivity index (χ2n) is 5.75. The molecule has 1 aliphatic heterocycles. The topological polar surface area (TPSA) is 21.1 Å². The van der Waals surface area contributed by atoms with Gasteiger partial charge in [-0.1, -0.05) is 25.5 Å². The van der Waals surface area contributed by atoms with Crippen molar-refractivity contribution in [3.63, 3.8) is 0 Å². The number of aromatic nitrogens is 2. The molecule has 1 saturated heterocycles. The molecular formula is C17H27N3. The van der Waals surface area contributed by atoms with Crippen LogP contribution in [-0.4, -0.2) is 27.8 Å². The van der Waals surface area contributed by atoms with Crippen molar-refractivity contribution in [3.8, 4) is 0 Å². The van der Waals surface area contributed by atoms with E-state index in [1.165, 1.54) is 43.6 Å². The molecule has 2 rings (SSSR count). The van der Waals surface area contributed by atoms with Crippen molar-refractivity contribution >= 4 is 5.82 Å². The first-order chi connectivity index (χ1) is 9.70. The zero-order valence-electron chi connectivity index (χ0n) is 12.9. The molecule has 3 heteroatoms. The molecule has 2 heterocycles. The number of aryl methyl sites for hydroxylation is 1. The summed E-state index contributed by atoms with van der Waals surface area (Å²) in [5.74, 6) is 1.18. The van der Waals surface area contributed by atoms with Gasteiger partial charge in [0.15, 0.2) is 0 Å². The fraction of sp³-hybridized carbons (Fsp3) is 0.588. The van der Waals surface area contributed by atoms with E-state index in [-0.39, 0.29) is 0 Å². The van der Waals surface area contributed by atoms with Crippen LogP contribution in [0.4, 0.5) is 0 Å². The molecule has 20 heavy (non-hydrogen) atoms. The van der Waals surface area contributed by atoms with E-state index in [9.17, 15) is 0 Å². The number of rotatable bonds is 6. The third kappa shape index (κ3) is 3.99. The Morgan fingerprint density at radius 2 is 2.10 bits per heavy atom. The molecule has 3 nitrogen and oxygen atoms in total. The molecule has 0 spiro atoms. The van der Waals surface area contributed by atoms with E-state index in [1.54, 1.807) is 0 Å². The third-order valence-electron chi connectivity index (χ3n) is 3.72. The fourth-order valence-electron chi connectivity index (χ4n) is 2.63. The van der Waals surface area contributed by atoms with Gasteiger partial charge in [0.2, 0.25) is 0 Å². The number of hydrogen-bond donors (Lipinski definition) is 0. The van der Waals surface area contributed by atoms with Crippen molar-refractivity contribution in [3.05, 3.63) is 36.2 Å².